The third-order valence-corrected chi connectivity index (χ3v) is 5.05. The highest BCUT2D eigenvalue weighted by Crippen LogP contribution is 2.30. The molecule has 0 atom stereocenters. The number of rotatable bonds is 6. The predicted molar refractivity (Wildman–Crippen MR) is 96.5 cm³/mol. The van der Waals surface area contributed by atoms with Crippen molar-refractivity contribution in [2.45, 2.75) is 32.2 Å². The van der Waals surface area contributed by atoms with Gasteiger partial charge in [0.05, 0.1) is 12.8 Å². The van der Waals surface area contributed by atoms with Gasteiger partial charge in [0.1, 0.15) is 5.75 Å². The van der Waals surface area contributed by atoms with Gasteiger partial charge in [-0.1, -0.05) is 5.16 Å². The molecule has 0 unspecified atom stereocenters. The van der Waals surface area contributed by atoms with Crippen LogP contribution in [-0.2, 0) is 13.0 Å². The van der Waals surface area contributed by atoms with Crippen molar-refractivity contribution >= 4 is 11.0 Å². The summed E-state index contributed by atoms with van der Waals surface area (Å²) in [5.41, 5.74) is 3.11. The molecule has 0 radical (unpaired) electrons. The minimum Gasteiger partial charge on any atom is -0.497 e. The first kappa shape index (κ1) is 17.2. The molecule has 2 heterocycles. The minimum absolute atomic E-state index is 0.805. The van der Waals surface area contributed by atoms with Gasteiger partial charge in [0, 0.05) is 17.5 Å². The third kappa shape index (κ3) is 3.90. The van der Waals surface area contributed by atoms with E-state index < -0.39 is 0 Å². The van der Waals surface area contributed by atoms with Crippen LogP contribution in [0, 0.1) is 5.92 Å². The van der Waals surface area contributed by atoms with E-state index in [-0.39, 0.29) is 0 Å². The molecule has 2 aromatic rings. The molecule has 0 bridgehead atoms. The molecule has 5 heteroatoms. The van der Waals surface area contributed by atoms with E-state index in [1.54, 1.807) is 7.11 Å². The first-order valence-electron chi connectivity index (χ1n) is 8.85. The summed E-state index contributed by atoms with van der Waals surface area (Å²) in [5, 5.41) is 5.49. The fourth-order valence-corrected chi connectivity index (χ4v) is 3.58. The Bertz CT molecular complexity index is 673. The Hall–Kier alpha value is -1.59. The molecule has 24 heavy (non-hydrogen) atoms. The molecular weight excluding hydrogens is 302 g/mol. The van der Waals surface area contributed by atoms with Crippen LogP contribution in [-0.4, -0.2) is 56.3 Å². The van der Waals surface area contributed by atoms with Crippen molar-refractivity contribution in [3.8, 4) is 5.75 Å². The van der Waals surface area contributed by atoms with Crippen LogP contribution >= 0.6 is 0 Å². The fourth-order valence-electron chi connectivity index (χ4n) is 3.58. The van der Waals surface area contributed by atoms with Crippen molar-refractivity contribution in [1.82, 2.24) is 15.0 Å². The largest absolute Gasteiger partial charge is 0.497 e. The molecule has 0 saturated carbocycles. The second-order valence-corrected chi connectivity index (χ2v) is 7.32. The average molecular weight is 331 g/mol. The number of fused-ring (bicyclic) bond motifs is 1. The number of hydrogen-bond donors (Lipinski definition) is 0. The van der Waals surface area contributed by atoms with Crippen LogP contribution in [0.2, 0.25) is 0 Å². The van der Waals surface area contributed by atoms with E-state index in [2.05, 4.69) is 42.2 Å². The summed E-state index contributed by atoms with van der Waals surface area (Å²) < 4.78 is 11.2. The van der Waals surface area contributed by atoms with E-state index in [0.717, 1.165) is 46.9 Å². The molecule has 1 aliphatic rings. The highest BCUT2D eigenvalue weighted by atomic mass is 16.5. The molecule has 0 amide bonds. The first-order chi connectivity index (χ1) is 11.6. The summed E-state index contributed by atoms with van der Waals surface area (Å²) in [6.45, 7) is 3.24. The Morgan fingerprint density at radius 1 is 1.29 bits per heavy atom. The summed E-state index contributed by atoms with van der Waals surface area (Å²) in [4.78, 5) is 4.55. The Kier molecular flexibility index (Phi) is 5.41. The van der Waals surface area contributed by atoms with Crippen LogP contribution in [0.15, 0.2) is 16.7 Å². The number of hydrogen-bond acceptors (Lipinski definition) is 5. The molecule has 0 aliphatic carbocycles. The summed E-state index contributed by atoms with van der Waals surface area (Å²) in [6, 6.07) is 4.11. The zero-order chi connectivity index (χ0) is 17.1. The molecule has 3 rings (SSSR count). The number of methoxy groups -OCH3 is 1. The number of piperidine rings is 1. The van der Waals surface area contributed by atoms with Crippen molar-refractivity contribution < 1.29 is 9.26 Å². The second-order valence-electron chi connectivity index (χ2n) is 7.32. The number of aromatic nitrogens is 1. The highest BCUT2D eigenvalue weighted by molar-refractivity contribution is 5.84. The maximum Gasteiger partial charge on any atom is 0.171 e. The van der Waals surface area contributed by atoms with Crippen LogP contribution in [0.1, 0.15) is 30.5 Å². The van der Waals surface area contributed by atoms with E-state index >= 15 is 0 Å². The molecule has 1 aromatic carbocycles. The van der Waals surface area contributed by atoms with Crippen LogP contribution in [0.25, 0.3) is 11.0 Å². The van der Waals surface area contributed by atoms with Gasteiger partial charge >= 0.3 is 0 Å². The van der Waals surface area contributed by atoms with E-state index in [9.17, 15) is 0 Å². The molecule has 1 aliphatic heterocycles. The van der Waals surface area contributed by atoms with Gasteiger partial charge in [0.15, 0.2) is 5.58 Å². The zero-order valence-corrected chi connectivity index (χ0v) is 15.3. The van der Waals surface area contributed by atoms with E-state index in [0.29, 0.717) is 0 Å². The minimum atomic E-state index is 0.805. The molecular formula is C19H29N3O2. The third-order valence-electron chi connectivity index (χ3n) is 5.05. The summed E-state index contributed by atoms with van der Waals surface area (Å²) >= 11 is 0. The van der Waals surface area contributed by atoms with Crippen molar-refractivity contribution in [3.05, 3.63) is 23.4 Å². The zero-order valence-electron chi connectivity index (χ0n) is 15.3. The Balaban J connectivity index is 1.78. The Morgan fingerprint density at radius 3 is 2.71 bits per heavy atom. The average Bonchev–Trinajstić information content (AvgIpc) is 2.97. The number of benzene rings is 1. The lowest BCUT2D eigenvalue weighted by molar-refractivity contribution is 0.212. The molecule has 132 valence electrons. The number of aryl methyl sites for hydroxylation is 1. The van der Waals surface area contributed by atoms with Gasteiger partial charge in [0.2, 0.25) is 0 Å². The van der Waals surface area contributed by atoms with Gasteiger partial charge in [-0.3, -0.25) is 0 Å². The second kappa shape index (κ2) is 7.53. The van der Waals surface area contributed by atoms with E-state index in [4.69, 9.17) is 9.26 Å². The van der Waals surface area contributed by atoms with Gasteiger partial charge in [-0.05, 0) is 78.0 Å². The highest BCUT2D eigenvalue weighted by Gasteiger charge is 2.19. The lowest BCUT2D eigenvalue weighted by Crippen LogP contribution is -2.30. The summed E-state index contributed by atoms with van der Waals surface area (Å²) in [7, 11) is 8.04. The van der Waals surface area contributed by atoms with Crippen LogP contribution in [0.5, 0.6) is 5.75 Å². The van der Waals surface area contributed by atoms with E-state index in [1.165, 1.54) is 32.4 Å². The van der Waals surface area contributed by atoms with E-state index in [1.807, 2.05) is 6.07 Å². The topological polar surface area (TPSA) is 41.7 Å². The Labute approximate surface area is 144 Å². The van der Waals surface area contributed by atoms with Crippen molar-refractivity contribution in [1.29, 1.82) is 0 Å². The molecule has 0 N–H and O–H groups in total. The standard InChI is InChI=1S/C19H29N3O2/c1-21(2)13-15-11-16(23-4)12-17-18(20-24-19(15)17)6-5-14-7-9-22(3)10-8-14/h11-12,14H,5-10,13H2,1-4H3. The van der Waals surface area contributed by atoms with Crippen molar-refractivity contribution in [2.75, 3.05) is 41.3 Å². The number of likely N-dealkylation sites (tertiary alicyclic amines) is 1. The Morgan fingerprint density at radius 2 is 2.04 bits per heavy atom. The quantitative estimate of drug-likeness (QED) is 0.813. The first-order valence-corrected chi connectivity index (χ1v) is 8.85. The predicted octanol–water partition coefficient (Wildman–Crippen LogP) is 3.17. The van der Waals surface area contributed by atoms with Gasteiger partial charge < -0.3 is 19.1 Å². The van der Waals surface area contributed by atoms with Gasteiger partial charge in [-0.15, -0.1) is 0 Å². The molecule has 5 nitrogen and oxygen atoms in total. The van der Waals surface area contributed by atoms with Gasteiger partial charge in [-0.25, -0.2) is 0 Å². The monoisotopic (exact) mass is 331 g/mol. The maximum atomic E-state index is 5.70. The summed E-state index contributed by atoms with van der Waals surface area (Å²) in [5.74, 6) is 1.68. The van der Waals surface area contributed by atoms with Gasteiger partial charge in [-0.2, -0.15) is 0 Å². The molecule has 1 aromatic heterocycles. The van der Waals surface area contributed by atoms with Crippen LogP contribution < -0.4 is 4.74 Å². The maximum absolute atomic E-state index is 5.70. The van der Waals surface area contributed by atoms with Crippen LogP contribution in [0.4, 0.5) is 0 Å². The molecule has 0 spiro atoms. The lowest BCUT2D eigenvalue weighted by Gasteiger charge is -2.28. The SMILES string of the molecule is COc1cc(CN(C)C)c2onc(CCC3CCN(C)CC3)c2c1. The fraction of sp³-hybridized carbons (Fsp3) is 0.632. The summed E-state index contributed by atoms with van der Waals surface area (Å²) in [6.07, 6.45) is 4.76. The number of nitrogens with zero attached hydrogens (tertiary/aromatic N) is 3. The molecule has 1 fully saturated rings. The van der Waals surface area contributed by atoms with Crippen molar-refractivity contribution in [2.24, 2.45) is 5.92 Å². The van der Waals surface area contributed by atoms with Gasteiger partial charge in [0.25, 0.3) is 0 Å². The lowest BCUT2D eigenvalue weighted by atomic mass is 9.91. The van der Waals surface area contributed by atoms with Crippen LogP contribution in [0.3, 0.4) is 0 Å². The normalized spacial score (nSPS) is 17.0. The smallest absolute Gasteiger partial charge is 0.171 e. The van der Waals surface area contributed by atoms with Crippen molar-refractivity contribution in [3.63, 3.8) is 0 Å². The molecule has 1 saturated heterocycles. The number of ether oxygens (including phenoxy) is 1.